The second-order valence-electron chi connectivity index (χ2n) is 9.69. The summed E-state index contributed by atoms with van der Waals surface area (Å²) in [6.45, 7) is 7.39. The molecule has 4 aromatic heterocycles. The zero-order chi connectivity index (χ0) is 25.8. The third kappa shape index (κ3) is 3.94. The SMILES string of the molecule is CCC[C@@H](c1ncccc1F)n1c2cc(-c3c(C)nnn3C)c(Cl)cc2c2ncc(C(C)(C)O)cc21. The second kappa shape index (κ2) is 8.94. The Morgan fingerprint density at radius 1 is 1.17 bits per heavy atom. The number of hydrogen-bond donors (Lipinski definition) is 1. The van der Waals surface area contributed by atoms with Crippen LogP contribution in [0, 0.1) is 12.7 Å². The van der Waals surface area contributed by atoms with Gasteiger partial charge in [0.25, 0.3) is 0 Å². The van der Waals surface area contributed by atoms with Crippen LogP contribution in [0.1, 0.15) is 56.6 Å². The average Bonchev–Trinajstić information content (AvgIpc) is 3.32. The van der Waals surface area contributed by atoms with E-state index in [1.54, 1.807) is 37.0 Å². The number of pyridine rings is 2. The summed E-state index contributed by atoms with van der Waals surface area (Å²) in [5, 5.41) is 20.4. The summed E-state index contributed by atoms with van der Waals surface area (Å²) < 4.78 is 18.9. The number of benzene rings is 1. The van der Waals surface area contributed by atoms with E-state index in [1.165, 1.54) is 6.07 Å². The monoisotopic (exact) mass is 506 g/mol. The van der Waals surface area contributed by atoms with Crippen LogP contribution in [0.15, 0.2) is 42.7 Å². The molecule has 0 aliphatic carbocycles. The first kappa shape index (κ1) is 24.3. The van der Waals surface area contributed by atoms with Crippen molar-refractivity contribution in [3.8, 4) is 11.3 Å². The molecule has 1 N–H and O–H groups in total. The van der Waals surface area contributed by atoms with Crippen LogP contribution in [-0.4, -0.2) is 34.6 Å². The molecule has 1 atom stereocenters. The van der Waals surface area contributed by atoms with E-state index in [9.17, 15) is 5.11 Å². The highest BCUT2D eigenvalue weighted by molar-refractivity contribution is 6.34. The molecule has 0 fully saturated rings. The Hall–Kier alpha value is -3.36. The summed E-state index contributed by atoms with van der Waals surface area (Å²) in [5.74, 6) is -0.363. The lowest BCUT2D eigenvalue weighted by Crippen LogP contribution is -2.17. The maximum absolute atomic E-state index is 15.1. The molecule has 1 aromatic carbocycles. The van der Waals surface area contributed by atoms with Gasteiger partial charge in [0.15, 0.2) is 0 Å². The molecule has 0 saturated heterocycles. The van der Waals surface area contributed by atoms with Gasteiger partial charge < -0.3 is 9.67 Å². The van der Waals surface area contributed by atoms with Crippen LogP contribution in [-0.2, 0) is 12.6 Å². The smallest absolute Gasteiger partial charge is 0.146 e. The van der Waals surface area contributed by atoms with Gasteiger partial charge in [-0.1, -0.05) is 30.2 Å². The number of aryl methyl sites for hydroxylation is 2. The summed E-state index contributed by atoms with van der Waals surface area (Å²) in [5.41, 5.74) is 4.61. The number of halogens is 2. The molecule has 0 spiro atoms. The van der Waals surface area contributed by atoms with Crippen molar-refractivity contribution in [1.29, 1.82) is 0 Å². The Balaban J connectivity index is 1.92. The van der Waals surface area contributed by atoms with E-state index in [0.717, 1.165) is 45.3 Å². The lowest BCUT2D eigenvalue weighted by atomic mass is 10.00. The third-order valence-corrected chi connectivity index (χ3v) is 6.97. The molecule has 0 amide bonds. The van der Waals surface area contributed by atoms with Crippen molar-refractivity contribution in [1.82, 2.24) is 29.5 Å². The molecule has 0 saturated carbocycles. The Kier molecular flexibility index (Phi) is 6.04. The quantitative estimate of drug-likeness (QED) is 0.301. The van der Waals surface area contributed by atoms with Crippen molar-refractivity contribution in [2.45, 2.75) is 52.2 Å². The summed E-state index contributed by atoms with van der Waals surface area (Å²) >= 11 is 6.82. The molecule has 0 aliphatic heterocycles. The van der Waals surface area contributed by atoms with Crippen molar-refractivity contribution in [2.75, 3.05) is 0 Å². The lowest BCUT2D eigenvalue weighted by Gasteiger charge is -2.22. The predicted octanol–water partition coefficient (Wildman–Crippen LogP) is 6.10. The number of fused-ring (bicyclic) bond motifs is 3. The Labute approximate surface area is 213 Å². The molecule has 36 heavy (non-hydrogen) atoms. The Morgan fingerprint density at radius 3 is 2.58 bits per heavy atom. The minimum Gasteiger partial charge on any atom is -0.386 e. The van der Waals surface area contributed by atoms with Gasteiger partial charge in [-0.05, 0) is 57.5 Å². The van der Waals surface area contributed by atoms with Crippen LogP contribution < -0.4 is 0 Å². The molecule has 0 radical (unpaired) electrons. The number of nitrogens with zero attached hydrogens (tertiary/aromatic N) is 6. The summed E-state index contributed by atoms with van der Waals surface area (Å²) in [4.78, 5) is 9.18. The van der Waals surface area contributed by atoms with E-state index < -0.39 is 11.6 Å². The maximum atomic E-state index is 15.1. The summed E-state index contributed by atoms with van der Waals surface area (Å²) in [7, 11) is 1.83. The molecule has 7 nitrogen and oxygen atoms in total. The molecular formula is C27H28ClFN6O. The topological polar surface area (TPSA) is 81.7 Å². The fourth-order valence-electron chi connectivity index (χ4n) is 4.91. The minimum absolute atomic E-state index is 0.363. The second-order valence-corrected chi connectivity index (χ2v) is 10.1. The van der Waals surface area contributed by atoms with Crippen molar-refractivity contribution < 1.29 is 9.50 Å². The molecule has 0 bridgehead atoms. The predicted molar refractivity (Wildman–Crippen MR) is 139 cm³/mol. The summed E-state index contributed by atoms with van der Waals surface area (Å²) in [6.07, 6.45) is 4.76. The van der Waals surface area contributed by atoms with Crippen LogP contribution in [0.5, 0.6) is 0 Å². The molecular weight excluding hydrogens is 479 g/mol. The molecule has 0 unspecified atom stereocenters. The third-order valence-electron chi connectivity index (χ3n) is 6.66. The van der Waals surface area contributed by atoms with E-state index in [-0.39, 0.29) is 5.82 Å². The molecule has 5 rings (SSSR count). The van der Waals surface area contributed by atoms with E-state index in [4.69, 9.17) is 16.6 Å². The largest absolute Gasteiger partial charge is 0.386 e. The van der Waals surface area contributed by atoms with E-state index >= 15 is 4.39 Å². The fourth-order valence-corrected chi connectivity index (χ4v) is 5.16. The molecule has 0 aliphatic rings. The van der Waals surface area contributed by atoms with Gasteiger partial charge in [0, 0.05) is 36.0 Å². The van der Waals surface area contributed by atoms with Gasteiger partial charge in [0.1, 0.15) is 5.82 Å². The molecule has 5 aromatic rings. The molecule has 9 heteroatoms. The maximum Gasteiger partial charge on any atom is 0.146 e. The lowest BCUT2D eigenvalue weighted by molar-refractivity contribution is 0.0784. The van der Waals surface area contributed by atoms with Crippen LogP contribution >= 0.6 is 11.6 Å². The van der Waals surface area contributed by atoms with Crippen LogP contribution in [0.25, 0.3) is 33.2 Å². The number of hydrogen-bond acceptors (Lipinski definition) is 5. The Bertz CT molecular complexity index is 1580. The highest BCUT2D eigenvalue weighted by Gasteiger charge is 2.27. The van der Waals surface area contributed by atoms with Gasteiger partial charge in [-0.15, -0.1) is 5.10 Å². The van der Waals surface area contributed by atoms with Gasteiger partial charge in [-0.3, -0.25) is 9.97 Å². The van der Waals surface area contributed by atoms with Gasteiger partial charge in [0.05, 0.1) is 50.3 Å². The van der Waals surface area contributed by atoms with Crippen LogP contribution in [0.3, 0.4) is 0 Å². The highest BCUT2D eigenvalue weighted by Crippen LogP contribution is 2.41. The Morgan fingerprint density at radius 2 is 1.94 bits per heavy atom. The van der Waals surface area contributed by atoms with Crippen molar-refractivity contribution in [3.05, 3.63) is 70.5 Å². The normalized spacial score (nSPS) is 13.1. The number of aromatic nitrogens is 6. The van der Waals surface area contributed by atoms with E-state index in [1.807, 2.05) is 32.2 Å². The van der Waals surface area contributed by atoms with Crippen molar-refractivity contribution in [2.24, 2.45) is 7.05 Å². The van der Waals surface area contributed by atoms with Crippen LogP contribution in [0.2, 0.25) is 5.02 Å². The first-order valence-electron chi connectivity index (χ1n) is 11.9. The van der Waals surface area contributed by atoms with Gasteiger partial charge >= 0.3 is 0 Å². The van der Waals surface area contributed by atoms with Gasteiger partial charge in [-0.25, -0.2) is 9.07 Å². The van der Waals surface area contributed by atoms with E-state index in [2.05, 4.69) is 26.8 Å². The summed E-state index contributed by atoms with van der Waals surface area (Å²) in [6, 6.07) is 8.46. The van der Waals surface area contributed by atoms with Crippen molar-refractivity contribution >= 4 is 33.5 Å². The zero-order valence-corrected chi connectivity index (χ0v) is 21.7. The van der Waals surface area contributed by atoms with E-state index in [0.29, 0.717) is 22.7 Å². The first-order valence-corrected chi connectivity index (χ1v) is 12.3. The minimum atomic E-state index is -1.10. The standard InChI is InChI=1S/C27H28ClFN6O/c1-6-8-21(25-20(29)9-7-10-30-25)35-22-13-17(26-15(2)32-33-34(26)5)19(28)12-18(22)24-23(35)11-16(14-31-24)27(3,4)36/h7,9-14,21,36H,6,8H2,1-5H3/t21-/m0/s1. The molecule has 4 heterocycles. The average molecular weight is 507 g/mol. The van der Waals surface area contributed by atoms with Gasteiger partial charge in [-0.2, -0.15) is 0 Å². The number of aliphatic hydroxyl groups is 1. The first-order chi connectivity index (χ1) is 17.1. The fraction of sp³-hybridized carbons (Fsp3) is 0.333. The van der Waals surface area contributed by atoms with Crippen LogP contribution in [0.4, 0.5) is 4.39 Å². The van der Waals surface area contributed by atoms with Gasteiger partial charge in [0.2, 0.25) is 0 Å². The molecule has 186 valence electrons. The zero-order valence-electron chi connectivity index (χ0n) is 20.9. The van der Waals surface area contributed by atoms with Crippen molar-refractivity contribution in [3.63, 3.8) is 0 Å². The number of rotatable bonds is 6. The highest BCUT2D eigenvalue weighted by atomic mass is 35.5.